The topological polar surface area (TPSA) is 46.6 Å². The number of methoxy groups -OCH3 is 1. The first kappa shape index (κ1) is 16.9. The van der Waals surface area contributed by atoms with E-state index in [1.54, 1.807) is 31.2 Å². The lowest BCUT2D eigenvalue weighted by Gasteiger charge is -2.23. The lowest BCUT2D eigenvalue weighted by molar-refractivity contribution is 0.414. The van der Waals surface area contributed by atoms with E-state index in [1.165, 1.54) is 29.6 Å². The van der Waals surface area contributed by atoms with E-state index < -0.39 is 10.0 Å². The van der Waals surface area contributed by atoms with Crippen LogP contribution in [0.4, 0.5) is 5.69 Å². The summed E-state index contributed by atoms with van der Waals surface area (Å²) < 4.78 is 31.9. The van der Waals surface area contributed by atoms with Crippen LogP contribution in [0.1, 0.15) is 6.92 Å². The van der Waals surface area contributed by atoms with E-state index in [-0.39, 0.29) is 16.5 Å². The van der Waals surface area contributed by atoms with Crippen LogP contribution in [-0.4, -0.2) is 22.1 Å². The molecule has 118 valence electrons. The van der Waals surface area contributed by atoms with Gasteiger partial charge in [-0.05, 0) is 49.4 Å². The Kier molecular flexibility index (Phi) is 5.21. The van der Waals surface area contributed by atoms with Crippen LogP contribution in [0.5, 0.6) is 5.75 Å². The fraction of sp³-hybridized carbons (Fsp3) is 0.200. The SMILES string of the molecule is CCN(c1ccc(Cl)cc1)S(=O)(=O)c1ccc(OC)c(Cl)c1. The van der Waals surface area contributed by atoms with Gasteiger partial charge in [-0.1, -0.05) is 23.2 Å². The van der Waals surface area contributed by atoms with Gasteiger partial charge in [0.25, 0.3) is 10.0 Å². The largest absolute Gasteiger partial charge is 0.495 e. The fourth-order valence-corrected chi connectivity index (χ4v) is 3.98. The van der Waals surface area contributed by atoms with Crippen molar-refractivity contribution in [1.29, 1.82) is 0 Å². The third kappa shape index (κ3) is 3.32. The van der Waals surface area contributed by atoms with Crippen molar-refractivity contribution in [2.75, 3.05) is 18.0 Å². The minimum absolute atomic E-state index is 0.107. The van der Waals surface area contributed by atoms with Crippen LogP contribution < -0.4 is 9.04 Å². The molecule has 0 bridgehead atoms. The fourth-order valence-electron chi connectivity index (χ4n) is 2.03. The number of nitrogens with zero attached hydrogens (tertiary/aromatic N) is 1. The van der Waals surface area contributed by atoms with Crippen molar-refractivity contribution in [3.05, 3.63) is 52.5 Å². The summed E-state index contributed by atoms with van der Waals surface area (Å²) in [6.45, 7) is 2.05. The maximum atomic E-state index is 12.8. The number of hydrogen-bond donors (Lipinski definition) is 0. The first-order valence-electron chi connectivity index (χ1n) is 6.52. The van der Waals surface area contributed by atoms with Crippen LogP contribution >= 0.6 is 23.2 Å². The minimum Gasteiger partial charge on any atom is -0.495 e. The van der Waals surface area contributed by atoms with Gasteiger partial charge in [0.15, 0.2) is 0 Å². The quantitative estimate of drug-likeness (QED) is 0.802. The highest BCUT2D eigenvalue weighted by Gasteiger charge is 2.24. The standard InChI is InChI=1S/C15H15Cl2NO3S/c1-3-18(12-6-4-11(16)5-7-12)22(19,20)13-8-9-15(21-2)14(17)10-13/h4-10H,3H2,1-2H3. The average Bonchev–Trinajstić information content (AvgIpc) is 2.49. The maximum absolute atomic E-state index is 12.8. The summed E-state index contributed by atoms with van der Waals surface area (Å²) in [5.41, 5.74) is 0.541. The van der Waals surface area contributed by atoms with E-state index in [4.69, 9.17) is 27.9 Å². The molecule has 0 unspecified atom stereocenters. The molecule has 2 aromatic carbocycles. The summed E-state index contributed by atoms with van der Waals surface area (Å²) in [6, 6.07) is 11.0. The molecular weight excluding hydrogens is 345 g/mol. The highest BCUT2D eigenvalue weighted by Crippen LogP contribution is 2.30. The van der Waals surface area contributed by atoms with E-state index in [1.807, 2.05) is 0 Å². The number of halogens is 2. The molecule has 0 saturated heterocycles. The lowest BCUT2D eigenvalue weighted by Crippen LogP contribution is -2.30. The summed E-state index contributed by atoms with van der Waals surface area (Å²) in [4.78, 5) is 0.107. The van der Waals surface area contributed by atoms with Crippen LogP contribution in [0.2, 0.25) is 10.0 Å². The third-order valence-corrected chi connectivity index (χ3v) is 5.56. The first-order valence-corrected chi connectivity index (χ1v) is 8.71. The minimum atomic E-state index is -3.71. The molecule has 0 N–H and O–H groups in total. The molecule has 0 aliphatic heterocycles. The van der Waals surface area contributed by atoms with Gasteiger partial charge in [0.2, 0.25) is 0 Å². The number of anilines is 1. The monoisotopic (exact) mass is 359 g/mol. The summed E-state index contributed by atoms with van der Waals surface area (Å²) in [5.74, 6) is 0.426. The lowest BCUT2D eigenvalue weighted by atomic mass is 10.3. The van der Waals surface area contributed by atoms with Gasteiger partial charge >= 0.3 is 0 Å². The van der Waals surface area contributed by atoms with Gasteiger partial charge in [0.05, 0.1) is 22.7 Å². The molecule has 0 fully saturated rings. The maximum Gasteiger partial charge on any atom is 0.264 e. The van der Waals surface area contributed by atoms with Gasteiger partial charge in [-0.15, -0.1) is 0 Å². The zero-order chi connectivity index (χ0) is 16.3. The Bertz CT molecular complexity index is 761. The molecule has 2 rings (SSSR count). The van der Waals surface area contributed by atoms with E-state index >= 15 is 0 Å². The molecule has 7 heteroatoms. The molecule has 2 aromatic rings. The molecular formula is C15H15Cl2NO3S. The van der Waals surface area contributed by atoms with Gasteiger partial charge < -0.3 is 4.74 Å². The van der Waals surface area contributed by atoms with Gasteiger partial charge in [0.1, 0.15) is 5.75 Å². The summed E-state index contributed by atoms with van der Waals surface area (Å²) in [7, 11) is -2.24. The van der Waals surface area contributed by atoms with Gasteiger partial charge in [-0.25, -0.2) is 8.42 Å². The number of benzene rings is 2. The zero-order valence-corrected chi connectivity index (χ0v) is 14.4. The molecule has 0 radical (unpaired) electrons. The normalized spacial score (nSPS) is 11.3. The molecule has 0 aliphatic rings. The van der Waals surface area contributed by atoms with Crippen LogP contribution in [-0.2, 0) is 10.0 Å². The van der Waals surface area contributed by atoms with Crippen molar-refractivity contribution in [2.24, 2.45) is 0 Å². The molecule has 0 spiro atoms. The van der Waals surface area contributed by atoms with Crippen LogP contribution in [0, 0.1) is 0 Å². The molecule has 0 atom stereocenters. The number of hydrogen-bond acceptors (Lipinski definition) is 3. The van der Waals surface area contributed by atoms with Crippen LogP contribution in [0.15, 0.2) is 47.4 Å². The molecule has 0 aliphatic carbocycles. The van der Waals surface area contributed by atoms with Crippen molar-refractivity contribution in [2.45, 2.75) is 11.8 Å². The summed E-state index contributed by atoms with van der Waals surface area (Å²) in [6.07, 6.45) is 0. The van der Waals surface area contributed by atoms with Crippen molar-refractivity contribution < 1.29 is 13.2 Å². The Morgan fingerprint density at radius 1 is 1.09 bits per heavy atom. The molecule has 0 saturated carbocycles. The Morgan fingerprint density at radius 2 is 1.73 bits per heavy atom. The highest BCUT2D eigenvalue weighted by molar-refractivity contribution is 7.92. The molecule has 4 nitrogen and oxygen atoms in total. The predicted octanol–water partition coefficient (Wildman–Crippen LogP) is 4.22. The number of ether oxygens (including phenoxy) is 1. The Balaban J connectivity index is 2.47. The summed E-state index contributed by atoms with van der Waals surface area (Å²) >= 11 is 11.9. The van der Waals surface area contributed by atoms with E-state index in [0.29, 0.717) is 16.5 Å². The molecule has 0 amide bonds. The Hall–Kier alpha value is -1.43. The molecule has 0 aromatic heterocycles. The van der Waals surface area contributed by atoms with Crippen molar-refractivity contribution >= 4 is 38.9 Å². The number of rotatable bonds is 5. The van der Waals surface area contributed by atoms with Crippen LogP contribution in [0.3, 0.4) is 0 Å². The second-order valence-electron chi connectivity index (χ2n) is 4.44. The van der Waals surface area contributed by atoms with Gasteiger partial charge in [0, 0.05) is 11.6 Å². The number of sulfonamides is 1. The second kappa shape index (κ2) is 6.77. The Labute approximate surface area is 140 Å². The van der Waals surface area contributed by atoms with Crippen molar-refractivity contribution in [1.82, 2.24) is 0 Å². The van der Waals surface area contributed by atoms with Gasteiger partial charge in [-0.3, -0.25) is 4.31 Å². The predicted molar refractivity (Wildman–Crippen MR) is 89.7 cm³/mol. The van der Waals surface area contributed by atoms with Crippen molar-refractivity contribution in [3.8, 4) is 5.75 Å². The van der Waals surface area contributed by atoms with E-state index in [0.717, 1.165) is 0 Å². The smallest absolute Gasteiger partial charge is 0.264 e. The second-order valence-corrected chi connectivity index (χ2v) is 7.15. The van der Waals surface area contributed by atoms with E-state index in [9.17, 15) is 8.42 Å². The molecule has 0 heterocycles. The average molecular weight is 360 g/mol. The van der Waals surface area contributed by atoms with Crippen molar-refractivity contribution in [3.63, 3.8) is 0 Å². The van der Waals surface area contributed by atoms with Crippen LogP contribution in [0.25, 0.3) is 0 Å². The highest BCUT2D eigenvalue weighted by atomic mass is 35.5. The van der Waals surface area contributed by atoms with Gasteiger partial charge in [-0.2, -0.15) is 0 Å². The summed E-state index contributed by atoms with van der Waals surface area (Å²) in [5, 5.41) is 0.792. The molecule has 22 heavy (non-hydrogen) atoms. The Morgan fingerprint density at radius 3 is 2.23 bits per heavy atom. The first-order chi connectivity index (χ1) is 10.4. The third-order valence-electron chi connectivity index (χ3n) is 3.11. The zero-order valence-electron chi connectivity index (χ0n) is 12.1. The van der Waals surface area contributed by atoms with E-state index in [2.05, 4.69) is 0 Å².